The Hall–Kier alpha value is -3.24. The molecule has 0 atom stereocenters. The van der Waals surface area contributed by atoms with Crippen LogP contribution in [-0.4, -0.2) is 0 Å². The standard InChI is InChI=1S/C30H25NP2/c1-6-16-26(17-7-1)31-33(29-22-12-4-13-23-29,30-24-14-5-15-25-30)32(27-18-8-2-9-19-27)28-20-10-3-11-21-28/h1-25H. The van der Waals surface area contributed by atoms with Crippen molar-refractivity contribution in [1.29, 1.82) is 0 Å². The summed E-state index contributed by atoms with van der Waals surface area (Å²) in [7, 11) is -0.830. The van der Waals surface area contributed by atoms with Crippen LogP contribution in [0.25, 0.3) is 0 Å². The molecule has 0 fully saturated rings. The molecule has 0 saturated carbocycles. The predicted octanol–water partition coefficient (Wildman–Crippen LogP) is 7.22. The highest BCUT2D eigenvalue weighted by Crippen LogP contribution is 2.75. The summed E-state index contributed by atoms with van der Waals surface area (Å²) < 4.78 is 5.72. The lowest BCUT2D eigenvalue weighted by atomic mass is 10.3. The van der Waals surface area contributed by atoms with Gasteiger partial charge < -0.3 is 0 Å². The van der Waals surface area contributed by atoms with Crippen molar-refractivity contribution in [2.24, 2.45) is 4.74 Å². The van der Waals surface area contributed by atoms with Gasteiger partial charge in [-0.05, 0) is 22.7 Å². The Kier molecular flexibility index (Phi) is 6.63. The first kappa shape index (κ1) is 21.6. The van der Waals surface area contributed by atoms with Crippen LogP contribution in [0.4, 0.5) is 5.69 Å². The van der Waals surface area contributed by atoms with Crippen LogP contribution in [0.2, 0.25) is 0 Å². The number of rotatable bonds is 6. The van der Waals surface area contributed by atoms with E-state index in [9.17, 15) is 0 Å². The molecule has 0 amide bonds. The molecule has 0 aromatic heterocycles. The molecule has 5 aromatic carbocycles. The Morgan fingerprint density at radius 2 is 0.727 bits per heavy atom. The normalized spacial score (nSPS) is 11.3. The summed E-state index contributed by atoms with van der Waals surface area (Å²) in [6.07, 6.45) is 0. The van der Waals surface area contributed by atoms with Gasteiger partial charge in [-0.2, -0.15) is 0 Å². The van der Waals surface area contributed by atoms with Crippen LogP contribution in [0.3, 0.4) is 0 Å². The van der Waals surface area contributed by atoms with Crippen molar-refractivity contribution in [1.82, 2.24) is 0 Å². The summed E-state index contributed by atoms with van der Waals surface area (Å²) in [4.78, 5) is 0. The zero-order chi connectivity index (χ0) is 22.3. The SMILES string of the molecule is c1ccc(N=P(c2ccccc2)(c2ccccc2)P(c2ccccc2)c2ccccc2)cc1. The van der Waals surface area contributed by atoms with E-state index in [0.29, 0.717) is 0 Å². The van der Waals surface area contributed by atoms with E-state index >= 15 is 0 Å². The smallest absolute Gasteiger partial charge is 0.0629 e. The average molecular weight is 461 g/mol. The molecule has 5 rings (SSSR count). The van der Waals surface area contributed by atoms with Crippen LogP contribution < -0.4 is 21.2 Å². The van der Waals surface area contributed by atoms with Gasteiger partial charge in [0.05, 0.1) is 12.4 Å². The van der Waals surface area contributed by atoms with Crippen molar-refractivity contribution in [3.8, 4) is 0 Å². The summed E-state index contributed by atoms with van der Waals surface area (Å²) in [5.74, 6) is 0. The van der Waals surface area contributed by atoms with Crippen LogP contribution in [0.15, 0.2) is 156 Å². The van der Waals surface area contributed by atoms with Gasteiger partial charge in [-0.25, -0.2) is 0 Å². The van der Waals surface area contributed by atoms with E-state index in [0.717, 1.165) is 5.69 Å². The fourth-order valence-corrected chi connectivity index (χ4v) is 14.3. The van der Waals surface area contributed by atoms with Crippen molar-refractivity contribution in [3.63, 3.8) is 0 Å². The van der Waals surface area contributed by atoms with Crippen molar-refractivity contribution in [2.45, 2.75) is 0 Å². The lowest BCUT2D eigenvalue weighted by Gasteiger charge is -2.35. The largest absolute Gasteiger partial charge is 0.253 e. The van der Waals surface area contributed by atoms with Gasteiger partial charge in [0.2, 0.25) is 0 Å². The fraction of sp³-hybridized carbons (Fsp3) is 0. The van der Waals surface area contributed by atoms with Gasteiger partial charge in [-0.3, -0.25) is 4.74 Å². The van der Waals surface area contributed by atoms with E-state index in [2.05, 4.69) is 152 Å². The predicted molar refractivity (Wildman–Crippen MR) is 147 cm³/mol. The molecular weight excluding hydrogens is 436 g/mol. The third-order valence-electron chi connectivity index (χ3n) is 5.54. The Balaban J connectivity index is 1.95. The monoisotopic (exact) mass is 461 g/mol. The maximum Gasteiger partial charge on any atom is 0.0629 e. The Labute approximate surface area is 197 Å². The Morgan fingerprint density at radius 1 is 0.394 bits per heavy atom. The summed E-state index contributed by atoms with van der Waals surface area (Å²) in [6, 6.07) is 54.3. The molecule has 0 aliphatic rings. The Morgan fingerprint density at radius 3 is 1.12 bits per heavy atom. The minimum atomic E-state index is -2.29. The molecule has 3 heteroatoms. The zero-order valence-electron chi connectivity index (χ0n) is 18.3. The van der Waals surface area contributed by atoms with E-state index < -0.39 is 14.4 Å². The molecule has 0 spiro atoms. The molecule has 0 heterocycles. The summed E-state index contributed by atoms with van der Waals surface area (Å²) in [6.45, 7) is -2.29. The molecule has 0 aliphatic heterocycles. The molecule has 1 nitrogen and oxygen atoms in total. The molecular formula is C30H25NP2. The summed E-state index contributed by atoms with van der Waals surface area (Å²) in [5.41, 5.74) is 1.03. The maximum atomic E-state index is 5.72. The Bertz CT molecular complexity index is 1250. The fourth-order valence-electron chi connectivity index (χ4n) is 4.10. The van der Waals surface area contributed by atoms with Crippen LogP contribution in [0.5, 0.6) is 0 Å². The van der Waals surface area contributed by atoms with E-state index in [1.54, 1.807) is 0 Å². The number of hydrogen-bond acceptors (Lipinski definition) is 1. The minimum Gasteiger partial charge on any atom is -0.253 e. The van der Waals surface area contributed by atoms with Crippen molar-refractivity contribution in [3.05, 3.63) is 152 Å². The highest BCUT2D eigenvalue weighted by atomic mass is 32.1. The van der Waals surface area contributed by atoms with Crippen LogP contribution >= 0.6 is 14.4 Å². The average Bonchev–Trinajstić information content (AvgIpc) is 2.91. The quantitative estimate of drug-likeness (QED) is 0.237. The van der Waals surface area contributed by atoms with E-state index in [-0.39, 0.29) is 0 Å². The summed E-state index contributed by atoms with van der Waals surface area (Å²) >= 11 is 0. The molecule has 0 unspecified atom stereocenters. The maximum absolute atomic E-state index is 5.72. The zero-order valence-corrected chi connectivity index (χ0v) is 20.1. The number of hydrogen-bond donors (Lipinski definition) is 0. The minimum absolute atomic E-state index is 0.830. The molecule has 5 aromatic rings. The van der Waals surface area contributed by atoms with Crippen LogP contribution in [0.1, 0.15) is 0 Å². The van der Waals surface area contributed by atoms with Crippen LogP contribution in [-0.2, 0) is 0 Å². The van der Waals surface area contributed by atoms with Gasteiger partial charge in [-0.1, -0.05) is 140 Å². The second kappa shape index (κ2) is 10.1. The van der Waals surface area contributed by atoms with E-state index in [1.165, 1.54) is 21.2 Å². The molecule has 0 bridgehead atoms. The highest BCUT2D eigenvalue weighted by Gasteiger charge is 2.36. The van der Waals surface area contributed by atoms with Crippen molar-refractivity contribution in [2.75, 3.05) is 0 Å². The molecule has 0 aliphatic carbocycles. The second-order valence-corrected chi connectivity index (χ2v) is 14.7. The van der Waals surface area contributed by atoms with E-state index in [4.69, 9.17) is 4.74 Å². The first-order valence-electron chi connectivity index (χ1n) is 11.1. The van der Waals surface area contributed by atoms with E-state index in [1.807, 2.05) is 0 Å². The molecule has 160 valence electrons. The third kappa shape index (κ3) is 4.49. The number of nitrogens with zero attached hydrogens (tertiary/aromatic N) is 1. The van der Waals surface area contributed by atoms with Gasteiger partial charge >= 0.3 is 0 Å². The van der Waals surface area contributed by atoms with Crippen molar-refractivity contribution >= 4 is 41.3 Å². The van der Waals surface area contributed by atoms with Gasteiger partial charge in [-0.15, -0.1) is 0 Å². The van der Waals surface area contributed by atoms with Crippen LogP contribution in [0, 0.1) is 0 Å². The molecule has 0 radical (unpaired) electrons. The van der Waals surface area contributed by atoms with Crippen molar-refractivity contribution < 1.29 is 0 Å². The molecule has 0 saturated heterocycles. The topological polar surface area (TPSA) is 12.4 Å². The van der Waals surface area contributed by atoms with Gasteiger partial charge in [0.1, 0.15) is 0 Å². The number of benzene rings is 5. The summed E-state index contributed by atoms with van der Waals surface area (Å²) in [5, 5.41) is 5.30. The first-order valence-corrected chi connectivity index (χ1v) is 14.9. The van der Waals surface area contributed by atoms with Gasteiger partial charge in [0.15, 0.2) is 0 Å². The third-order valence-corrected chi connectivity index (χ3v) is 15.0. The lowest BCUT2D eigenvalue weighted by Crippen LogP contribution is -2.23. The molecule has 33 heavy (non-hydrogen) atoms. The second-order valence-electron chi connectivity index (χ2n) is 7.69. The molecule has 0 N–H and O–H groups in total. The lowest BCUT2D eigenvalue weighted by molar-refractivity contribution is 1.56. The highest BCUT2D eigenvalue weighted by molar-refractivity contribution is 8.45. The first-order chi connectivity index (χ1) is 16.4. The van der Waals surface area contributed by atoms with Gasteiger partial charge in [0, 0.05) is 18.2 Å². The van der Waals surface area contributed by atoms with Gasteiger partial charge in [0.25, 0.3) is 0 Å².